The van der Waals surface area contributed by atoms with Gasteiger partial charge in [0.25, 0.3) is 0 Å². The van der Waals surface area contributed by atoms with Crippen LogP contribution in [0, 0.1) is 11.3 Å². The van der Waals surface area contributed by atoms with Crippen LogP contribution in [-0.4, -0.2) is 44.7 Å². The van der Waals surface area contributed by atoms with Gasteiger partial charge in [-0.1, -0.05) is 0 Å². The monoisotopic (exact) mass is 231 g/mol. The lowest BCUT2D eigenvalue weighted by atomic mass is 10.1. The molecule has 15 heavy (non-hydrogen) atoms. The van der Waals surface area contributed by atoms with Gasteiger partial charge < -0.3 is 5.32 Å². The quantitative estimate of drug-likeness (QED) is 0.737. The first-order valence-corrected chi connectivity index (χ1v) is 6.72. The molecule has 0 radical (unpaired) electrons. The van der Waals surface area contributed by atoms with Crippen molar-refractivity contribution in [1.82, 2.24) is 9.62 Å². The fourth-order valence-corrected chi connectivity index (χ4v) is 2.81. The topological polar surface area (TPSA) is 73.2 Å². The van der Waals surface area contributed by atoms with Crippen molar-refractivity contribution in [2.45, 2.75) is 25.3 Å². The summed E-state index contributed by atoms with van der Waals surface area (Å²) < 4.78 is 24.6. The van der Waals surface area contributed by atoms with Gasteiger partial charge in [0, 0.05) is 13.1 Å². The highest BCUT2D eigenvalue weighted by Gasteiger charge is 2.26. The summed E-state index contributed by atoms with van der Waals surface area (Å²) in [6.45, 7) is 1.79. The van der Waals surface area contributed by atoms with Crippen LogP contribution in [0.3, 0.4) is 0 Å². The van der Waals surface area contributed by atoms with Gasteiger partial charge in [-0.15, -0.1) is 0 Å². The van der Waals surface area contributed by atoms with Gasteiger partial charge in [0.1, 0.15) is 0 Å². The van der Waals surface area contributed by atoms with Crippen LogP contribution < -0.4 is 5.32 Å². The molecule has 5 nitrogen and oxygen atoms in total. The van der Waals surface area contributed by atoms with Crippen LogP contribution in [0.1, 0.15) is 19.3 Å². The molecular formula is C9H17N3O2S. The highest BCUT2D eigenvalue weighted by molar-refractivity contribution is 7.89. The van der Waals surface area contributed by atoms with Gasteiger partial charge in [0.15, 0.2) is 5.75 Å². The third kappa shape index (κ3) is 3.45. The molecule has 6 heteroatoms. The Kier molecular flexibility index (Phi) is 4.51. The first-order valence-electron chi connectivity index (χ1n) is 5.11. The lowest BCUT2D eigenvalue weighted by molar-refractivity contribution is 0.342. The SMILES string of the molecule is CN(C1CCCNCC1)S(=O)(=O)CC#N. The maximum Gasteiger partial charge on any atom is 0.227 e. The lowest BCUT2D eigenvalue weighted by Gasteiger charge is -2.25. The summed E-state index contributed by atoms with van der Waals surface area (Å²) in [4.78, 5) is 0. The van der Waals surface area contributed by atoms with Crippen LogP contribution in [0.2, 0.25) is 0 Å². The van der Waals surface area contributed by atoms with E-state index in [0.29, 0.717) is 0 Å². The van der Waals surface area contributed by atoms with Gasteiger partial charge >= 0.3 is 0 Å². The molecule has 1 saturated heterocycles. The normalized spacial score (nSPS) is 23.4. The Morgan fingerprint density at radius 3 is 2.87 bits per heavy atom. The van der Waals surface area contributed by atoms with Crippen LogP contribution in [0.5, 0.6) is 0 Å². The zero-order valence-electron chi connectivity index (χ0n) is 8.94. The van der Waals surface area contributed by atoms with Crippen LogP contribution in [0.4, 0.5) is 0 Å². The molecule has 1 aliphatic heterocycles. The molecule has 0 spiro atoms. The molecule has 1 heterocycles. The molecule has 0 aliphatic carbocycles. The van der Waals surface area contributed by atoms with Crippen LogP contribution in [-0.2, 0) is 10.0 Å². The zero-order valence-corrected chi connectivity index (χ0v) is 9.76. The molecule has 0 aromatic carbocycles. The molecule has 1 unspecified atom stereocenters. The van der Waals surface area contributed by atoms with Gasteiger partial charge in [-0.2, -0.15) is 5.26 Å². The van der Waals surface area contributed by atoms with Crippen molar-refractivity contribution >= 4 is 10.0 Å². The Balaban J connectivity index is 2.66. The Morgan fingerprint density at radius 1 is 1.47 bits per heavy atom. The van der Waals surface area contributed by atoms with Crippen LogP contribution >= 0.6 is 0 Å². The number of hydrogen-bond donors (Lipinski definition) is 1. The van der Waals surface area contributed by atoms with E-state index < -0.39 is 15.8 Å². The van der Waals surface area contributed by atoms with E-state index in [9.17, 15) is 8.42 Å². The number of nitrogens with one attached hydrogen (secondary N) is 1. The summed E-state index contributed by atoms with van der Waals surface area (Å²) in [6.07, 6.45) is 2.67. The van der Waals surface area contributed by atoms with Crippen molar-refractivity contribution in [3.05, 3.63) is 0 Å². The molecule has 0 amide bonds. The van der Waals surface area contributed by atoms with Crippen LogP contribution in [0.25, 0.3) is 0 Å². The van der Waals surface area contributed by atoms with E-state index in [1.807, 2.05) is 0 Å². The van der Waals surface area contributed by atoms with E-state index in [2.05, 4.69) is 5.32 Å². The summed E-state index contributed by atoms with van der Waals surface area (Å²) >= 11 is 0. The van der Waals surface area contributed by atoms with E-state index in [1.54, 1.807) is 13.1 Å². The second kappa shape index (κ2) is 5.45. The molecule has 86 valence electrons. The van der Waals surface area contributed by atoms with E-state index in [0.717, 1.165) is 32.4 Å². The molecule has 0 aromatic heterocycles. The molecule has 0 saturated carbocycles. The van der Waals surface area contributed by atoms with Crippen molar-refractivity contribution in [1.29, 1.82) is 5.26 Å². The third-order valence-electron chi connectivity index (χ3n) is 2.75. The standard InChI is InChI=1S/C9H17N3O2S/c1-12(15(13,14)8-5-10)9-3-2-6-11-7-4-9/h9,11H,2-4,6-8H2,1H3. The number of sulfonamides is 1. The number of nitriles is 1. The smallest absolute Gasteiger partial charge is 0.227 e. The Bertz CT molecular complexity index is 326. The molecule has 1 fully saturated rings. The zero-order chi connectivity index (χ0) is 11.3. The minimum absolute atomic E-state index is 0.0401. The van der Waals surface area contributed by atoms with Crippen molar-refractivity contribution < 1.29 is 8.42 Å². The summed E-state index contributed by atoms with van der Waals surface area (Å²) in [6, 6.07) is 1.74. The van der Waals surface area contributed by atoms with E-state index in [-0.39, 0.29) is 6.04 Å². The lowest BCUT2D eigenvalue weighted by Crippen LogP contribution is -2.38. The van der Waals surface area contributed by atoms with Crippen LogP contribution in [0.15, 0.2) is 0 Å². The van der Waals surface area contributed by atoms with Gasteiger partial charge in [0.2, 0.25) is 10.0 Å². The Hall–Kier alpha value is -0.640. The predicted octanol–water partition coefficient (Wildman–Crippen LogP) is -0.0863. The first kappa shape index (κ1) is 12.4. The minimum Gasteiger partial charge on any atom is -0.317 e. The third-order valence-corrected chi connectivity index (χ3v) is 4.41. The molecule has 0 aromatic rings. The minimum atomic E-state index is -3.38. The summed E-state index contributed by atoms with van der Waals surface area (Å²) in [7, 11) is -1.81. The second-order valence-corrected chi connectivity index (χ2v) is 5.79. The van der Waals surface area contributed by atoms with Gasteiger partial charge in [0.05, 0.1) is 6.07 Å². The maximum absolute atomic E-state index is 11.6. The fourth-order valence-electron chi connectivity index (χ4n) is 1.77. The molecule has 0 bridgehead atoms. The molecule has 1 aliphatic rings. The fraction of sp³-hybridized carbons (Fsp3) is 0.889. The van der Waals surface area contributed by atoms with E-state index in [1.165, 1.54) is 4.31 Å². The highest BCUT2D eigenvalue weighted by Crippen LogP contribution is 2.15. The molecule has 1 N–H and O–H groups in total. The van der Waals surface area contributed by atoms with Crippen molar-refractivity contribution in [2.24, 2.45) is 0 Å². The number of nitrogens with zero attached hydrogens (tertiary/aromatic N) is 2. The van der Waals surface area contributed by atoms with E-state index in [4.69, 9.17) is 5.26 Å². The highest BCUT2D eigenvalue weighted by atomic mass is 32.2. The Morgan fingerprint density at radius 2 is 2.20 bits per heavy atom. The van der Waals surface area contributed by atoms with E-state index >= 15 is 0 Å². The van der Waals surface area contributed by atoms with Gasteiger partial charge in [-0.3, -0.25) is 0 Å². The van der Waals surface area contributed by atoms with Gasteiger partial charge in [-0.05, 0) is 32.4 Å². The second-order valence-electron chi connectivity index (χ2n) is 3.77. The average molecular weight is 231 g/mol. The molecule has 1 rings (SSSR count). The average Bonchev–Trinajstić information content (AvgIpc) is 2.44. The van der Waals surface area contributed by atoms with Crippen molar-refractivity contribution in [3.8, 4) is 6.07 Å². The van der Waals surface area contributed by atoms with Crippen molar-refractivity contribution in [3.63, 3.8) is 0 Å². The van der Waals surface area contributed by atoms with Crippen molar-refractivity contribution in [2.75, 3.05) is 25.9 Å². The summed E-state index contributed by atoms with van der Waals surface area (Å²) in [5, 5.41) is 11.7. The Labute approximate surface area is 91.1 Å². The largest absolute Gasteiger partial charge is 0.317 e. The maximum atomic E-state index is 11.6. The number of hydrogen-bond acceptors (Lipinski definition) is 4. The first-order chi connectivity index (χ1) is 7.08. The summed E-state index contributed by atoms with van der Waals surface area (Å²) in [5.41, 5.74) is 0. The molecule has 1 atom stereocenters. The summed E-state index contributed by atoms with van der Waals surface area (Å²) in [5.74, 6) is -0.423. The molecular weight excluding hydrogens is 214 g/mol. The number of rotatable bonds is 3. The predicted molar refractivity (Wildman–Crippen MR) is 57.7 cm³/mol. The van der Waals surface area contributed by atoms with Gasteiger partial charge in [-0.25, -0.2) is 12.7 Å².